The number of likely N-dealkylation sites (tertiary alicyclic amines) is 1. The topological polar surface area (TPSA) is 51.7 Å². The first kappa shape index (κ1) is 15.3. The summed E-state index contributed by atoms with van der Waals surface area (Å²) in [6, 6.07) is 7.50. The van der Waals surface area contributed by atoms with Crippen LogP contribution in [0.2, 0.25) is 5.02 Å². The summed E-state index contributed by atoms with van der Waals surface area (Å²) in [5, 5.41) is 0.378. The quantitative estimate of drug-likeness (QED) is 0.837. The second-order valence-electron chi connectivity index (χ2n) is 5.88. The molecule has 2 aromatic rings. The molecular weight excluding hydrogens is 328 g/mol. The summed E-state index contributed by atoms with van der Waals surface area (Å²) in [4.78, 5) is 18.8. The molecule has 1 fully saturated rings. The molecule has 6 heteroatoms. The molecule has 0 N–H and O–H groups in total. The van der Waals surface area contributed by atoms with Gasteiger partial charge in [0.2, 0.25) is 0 Å². The monoisotopic (exact) mass is 344 g/mol. The highest BCUT2D eigenvalue weighted by molar-refractivity contribution is 6.33. The highest BCUT2D eigenvalue weighted by Crippen LogP contribution is 2.43. The van der Waals surface area contributed by atoms with E-state index >= 15 is 0 Å². The number of hydrogen-bond acceptors (Lipinski definition) is 4. The van der Waals surface area contributed by atoms with Gasteiger partial charge in [0.1, 0.15) is 13.2 Å². The average Bonchev–Trinajstić information content (AvgIpc) is 3.10. The Morgan fingerprint density at radius 2 is 2.12 bits per heavy atom. The number of rotatable bonds is 2. The van der Waals surface area contributed by atoms with Crippen LogP contribution < -0.4 is 9.47 Å². The normalized spacial score (nSPS) is 19.4. The number of nitrogens with zero attached hydrogens (tertiary/aromatic N) is 2. The van der Waals surface area contributed by atoms with Gasteiger partial charge in [-0.15, -0.1) is 0 Å². The first-order valence-electron chi connectivity index (χ1n) is 8.04. The lowest BCUT2D eigenvalue weighted by atomic mass is 10.0. The summed E-state index contributed by atoms with van der Waals surface area (Å²) in [5.74, 6) is 1.44. The fourth-order valence-electron chi connectivity index (χ4n) is 3.40. The Balaban J connectivity index is 1.69. The van der Waals surface area contributed by atoms with Gasteiger partial charge in [0.25, 0.3) is 5.91 Å². The van der Waals surface area contributed by atoms with Crippen LogP contribution in [0.25, 0.3) is 0 Å². The summed E-state index contributed by atoms with van der Waals surface area (Å²) in [7, 11) is 0. The predicted molar refractivity (Wildman–Crippen MR) is 89.7 cm³/mol. The number of fused-ring (bicyclic) bond motifs is 1. The molecule has 2 aliphatic rings. The SMILES string of the molecule is O=C(c1ccncc1Cl)N1CCCC1c1cccc2c1OCCO2. The molecular formula is C18H17ClN2O3. The third-order valence-corrected chi connectivity index (χ3v) is 4.77. The molecule has 3 heterocycles. The molecule has 0 aliphatic carbocycles. The highest BCUT2D eigenvalue weighted by Gasteiger charge is 2.34. The fourth-order valence-corrected chi connectivity index (χ4v) is 3.60. The largest absolute Gasteiger partial charge is 0.486 e. The molecule has 5 nitrogen and oxygen atoms in total. The number of pyridine rings is 1. The summed E-state index contributed by atoms with van der Waals surface area (Å²) in [5.41, 5.74) is 1.49. The lowest BCUT2D eigenvalue weighted by Crippen LogP contribution is -2.31. The minimum Gasteiger partial charge on any atom is -0.486 e. The molecule has 124 valence electrons. The molecule has 0 radical (unpaired) electrons. The first-order valence-corrected chi connectivity index (χ1v) is 8.42. The van der Waals surface area contributed by atoms with Gasteiger partial charge in [-0.1, -0.05) is 23.7 Å². The summed E-state index contributed by atoms with van der Waals surface area (Å²) >= 11 is 6.15. The standard InChI is InChI=1S/C18H17ClN2O3/c19-14-11-20-7-6-12(14)18(22)21-8-2-4-15(21)13-3-1-5-16-17(13)24-10-9-23-16/h1,3,5-7,11,15H,2,4,8-10H2. The Morgan fingerprint density at radius 3 is 3.00 bits per heavy atom. The Kier molecular flexibility index (Phi) is 4.02. The molecule has 1 saturated heterocycles. The predicted octanol–water partition coefficient (Wildman–Crippen LogP) is 3.48. The van der Waals surface area contributed by atoms with Crippen LogP contribution in [0.1, 0.15) is 34.8 Å². The summed E-state index contributed by atoms with van der Waals surface area (Å²) < 4.78 is 11.5. The van der Waals surface area contributed by atoms with Crippen molar-refractivity contribution in [3.05, 3.63) is 52.8 Å². The minimum atomic E-state index is -0.0702. The zero-order chi connectivity index (χ0) is 16.5. The van der Waals surface area contributed by atoms with Crippen molar-refractivity contribution in [1.29, 1.82) is 0 Å². The van der Waals surface area contributed by atoms with Gasteiger partial charge in [0.05, 0.1) is 16.6 Å². The van der Waals surface area contributed by atoms with Crippen molar-refractivity contribution in [3.63, 3.8) is 0 Å². The summed E-state index contributed by atoms with van der Waals surface area (Å²) in [6.45, 7) is 1.78. The Labute approximate surface area is 145 Å². The van der Waals surface area contributed by atoms with Gasteiger partial charge in [-0.05, 0) is 25.0 Å². The maximum Gasteiger partial charge on any atom is 0.255 e. The molecule has 1 aromatic heterocycles. The summed E-state index contributed by atoms with van der Waals surface area (Å²) in [6.07, 6.45) is 4.94. The number of carbonyl (C=O) groups excluding carboxylic acids is 1. The maximum atomic E-state index is 13.0. The number of amides is 1. The molecule has 4 rings (SSSR count). The van der Waals surface area contributed by atoms with Crippen molar-refractivity contribution < 1.29 is 14.3 Å². The van der Waals surface area contributed by atoms with E-state index in [2.05, 4.69) is 4.98 Å². The first-order chi connectivity index (χ1) is 11.8. The van der Waals surface area contributed by atoms with Crippen LogP contribution in [-0.4, -0.2) is 35.5 Å². The molecule has 0 bridgehead atoms. The smallest absolute Gasteiger partial charge is 0.255 e. The molecule has 1 amide bonds. The van der Waals surface area contributed by atoms with Crippen molar-refractivity contribution in [3.8, 4) is 11.5 Å². The van der Waals surface area contributed by atoms with Gasteiger partial charge >= 0.3 is 0 Å². The van der Waals surface area contributed by atoms with E-state index in [9.17, 15) is 4.79 Å². The van der Waals surface area contributed by atoms with Gasteiger partial charge < -0.3 is 14.4 Å². The van der Waals surface area contributed by atoms with Crippen molar-refractivity contribution >= 4 is 17.5 Å². The molecule has 0 saturated carbocycles. The molecule has 2 aliphatic heterocycles. The van der Waals surface area contributed by atoms with E-state index < -0.39 is 0 Å². The van der Waals surface area contributed by atoms with Crippen molar-refractivity contribution in [2.75, 3.05) is 19.8 Å². The van der Waals surface area contributed by atoms with Gasteiger partial charge in [0, 0.05) is 24.5 Å². The van der Waals surface area contributed by atoms with E-state index in [4.69, 9.17) is 21.1 Å². The number of benzene rings is 1. The molecule has 1 aromatic carbocycles. The number of para-hydroxylation sites is 1. The van der Waals surface area contributed by atoms with Crippen molar-refractivity contribution in [2.24, 2.45) is 0 Å². The van der Waals surface area contributed by atoms with E-state index in [0.717, 1.165) is 29.9 Å². The third kappa shape index (κ3) is 2.59. The Morgan fingerprint density at radius 1 is 1.25 bits per heavy atom. The number of hydrogen-bond donors (Lipinski definition) is 0. The second kappa shape index (κ2) is 6.32. The molecule has 1 atom stereocenters. The van der Waals surface area contributed by atoms with Crippen molar-refractivity contribution in [1.82, 2.24) is 9.88 Å². The zero-order valence-electron chi connectivity index (χ0n) is 13.1. The van der Waals surface area contributed by atoms with Gasteiger partial charge in [-0.25, -0.2) is 0 Å². The number of carbonyl (C=O) groups is 1. The number of aromatic nitrogens is 1. The average molecular weight is 345 g/mol. The molecule has 0 spiro atoms. The van der Waals surface area contributed by atoms with Gasteiger partial charge in [0.15, 0.2) is 11.5 Å². The Bertz CT molecular complexity index is 781. The lowest BCUT2D eigenvalue weighted by molar-refractivity contribution is 0.0731. The minimum absolute atomic E-state index is 0.0293. The van der Waals surface area contributed by atoms with Crippen LogP contribution in [0.15, 0.2) is 36.7 Å². The second-order valence-corrected chi connectivity index (χ2v) is 6.29. The van der Waals surface area contributed by atoms with Crippen LogP contribution in [0.3, 0.4) is 0 Å². The highest BCUT2D eigenvalue weighted by atomic mass is 35.5. The molecule has 24 heavy (non-hydrogen) atoms. The van der Waals surface area contributed by atoms with Gasteiger partial charge in [-0.3, -0.25) is 9.78 Å². The van der Waals surface area contributed by atoms with Crippen LogP contribution in [0.4, 0.5) is 0 Å². The third-order valence-electron chi connectivity index (χ3n) is 4.47. The number of halogens is 1. The zero-order valence-corrected chi connectivity index (χ0v) is 13.8. The fraction of sp³-hybridized carbons (Fsp3) is 0.333. The van der Waals surface area contributed by atoms with Crippen LogP contribution >= 0.6 is 11.6 Å². The van der Waals surface area contributed by atoms with E-state index in [1.54, 1.807) is 12.3 Å². The van der Waals surface area contributed by atoms with Crippen molar-refractivity contribution in [2.45, 2.75) is 18.9 Å². The number of ether oxygens (including phenoxy) is 2. The van der Waals surface area contributed by atoms with E-state index in [0.29, 0.717) is 30.3 Å². The molecule has 1 unspecified atom stereocenters. The van der Waals surface area contributed by atoms with Crippen LogP contribution in [0.5, 0.6) is 11.5 Å². The Hall–Kier alpha value is -2.27. The van der Waals surface area contributed by atoms with E-state index in [1.165, 1.54) is 6.20 Å². The van der Waals surface area contributed by atoms with E-state index in [-0.39, 0.29) is 11.9 Å². The van der Waals surface area contributed by atoms with Crippen LogP contribution in [-0.2, 0) is 0 Å². The van der Waals surface area contributed by atoms with Crippen LogP contribution in [0, 0.1) is 0 Å². The maximum absolute atomic E-state index is 13.0. The lowest BCUT2D eigenvalue weighted by Gasteiger charge is -2.29. The van der Waals surface area contributed by atoms with E-state index in [1.807, 2.05) is 23.1 Å². The van der Waals surface area contributed by atoms with Gasteiger partial charge in [-0.2, -0.15) is 0 Å².